The van der Waals surface area contributed by atoms with Gasteiger partial charge < -0.3 is 5.32 Å². The van der Waals surface area contributed by atoms with Crippen molar-refractivity contribution in [2.75, 3.05) is 12.4 Å². The molecule has 0 spiro atoms. The molecule has 76 valence electrons. The van der Waals surface area contributed by atoms with Crippen LogP contribution in [0.1, 0.15) is 10.4 Å². The molecular weight excluding hydrogens is 186 g/mol. The normalized spacial score (nSPS) is 9.93. The summed E-state index contributed by atoms with van der Waals surface area (Å²) < 4.78 is 2.11. The fraction of sp³-hybridized carbons (Fsp3) is 0.375. The highest BCUT2D eigenvalue weighted by Gasteiger charge is 2.12. The van der Waals surface area contributed by atoms with E-state index in [1.807, 2.05) is 0 Å². The van der Waals surface area contributed by atoms with E-state index < -0.39 is 11.2 Å². The quantitative estimate of drug-likeness (QED) is 0.613. The zero-order valence-corrected chi connectivity index (χ0v) is 8.20. The molecule has 0 fully saturated rings. The van der Waals surface area contributed by atoms with Gasteiger partial charge in [-0.15, -0.1) is 0 Å². The molecule has 0 atom stereocenters. The second-order valence-corrected chi connectivity index (χ2v) is 2.84. The van der Waals surface area contributed by atoms with Crippen LogP contribution in [-0.4, -0.2) is 22.5 Å². The number of carbonyl (C=O) groups is 1. The minimum atomic E-state index is -0.590. The summed E-state index contributed by atoms with van der Waals surface area (Å²) >= 11 is 0. The van der Waals surface area contributed by atoms with Crippen molar-refractivity contribution in [2.45, 2.75) is 0 Å². The molecule has 1 rings (SSSR count). The zero-order valence-electron chi connectivity index (χ0n) is 8.20. The standard InChI is InChI=1S/C8H11N3O3/c1-9-6-5(4-12)7(13)11(3)8(14)10(6)2/h4,9H,1-3H3. The maximum Gasteiger partial charge on any atom is 0.332 e. The second kappa shape index (κ2) is 3.49. The highest BCUT2D eigenvalue weighted by molar-refractivity contribution is 5.81. The fourth-order valence-electron chi connectivity index (χ4n) is 1.28. The fourth-order valence-corrected chi connectivity index (χ4v) is 1.28. The van der Waals surface area contributed by atoms with Gasteiger partial charge in [0.2, 0.25) is 0 Å². The molecule has 1 N–H and O–H groups in total. The van der Waals surface area contributed by atoms with Gasteiger partial charge in [-0.2, -0.15) is 0 Å². The highest BCUT2D eigenvalue weighted by Crippen LogP contribution is 2.03. The van der Waals surface area contributed by atoms with Gasteiger partial charge in [0.05, 0.1) is 0 Å². The maximum absolute atomic E-state index is 11.4. The summed E-state index contributed by atoms with van der Waals surface area (Å²) in [5.41, 5.74) is -1.10. The summed E-state index contributed by atoms with van der Waals surface area (Å²) in [5, 5.41) is 2.64. The van der Waals surface area contributed by atoms with E-state index >= 15 is 0 Å². The molecule has 0 amide bonds. The van der Waals surface area contributed by atoms with Gasteiger partial charge in [0.1, 0.15) is 11.4 Å². The van der Waals surface area contributed by atoms with Crippen LogP contribution in [0.4, 0.5) is 5.82 Å². The Morgan fingerprint density at radius 2 is 1.79 bits per heavy atom. The molecule has 14 heavy (non-hydrogen) atoms. The van der Waals surface area contributed by atoms with Crippen LogP contribution in [0.3, 0.4) is 0 Å². The number of hydrogen-bond donors (Lipinski definition) is 1. The third-order valence-electron chi connectivity index (χ3n) is 2.05. The van der Waals surface area contributed by atoms with E-state index in [-0.39, 0.29) is 11.4 Å². The molecule has 0 bridgehead atoms. The Morgan fingerprint density at radius 3 is 2.21 bits per heavy atom. The molecule has 1 heterocycles. The number of nitrogens with zero attached hydrogens (tertiary/aromatic N) is 2. The van der Waals surface area contributed by atoms with E-state index in [4.69, 9.17) is 0 Å². The van der Waals surface area contributed by atoms with Gasteiger partial charge in [0, 0.05) is 21.1 Å². The molecule has 0 saturated carbocycles. The molecule has 6 heteroatoms. The van der Waals surface area contributed by atoms with Crippen molar-refractivity contribution in [3.05, 3.63) is 26.4 Å². The van der Waals surface area contributed by atoms with Crippen LogP contribution in [0.5, 0.6) is 0 Å². The molecular formula is C8H11N3O3. The van der Waals surface area contributed by atoms with E-state index in [0.29, 0.717) is 6.29 Å². The van der Waals surface area contributed by atoms with Crippen LogP contribution < -0.4 is 16.6 Å². The van der Waals surface area contributed by atoms with E-state index in [9.17, 15) is 14.4 Å². The Labute approximate surface area is 79.8 Å². The van der Waals surface area contributed by atoms with Crippen molar-refractivity contribution in [3.63, 3.8) is 0 Å². The lowest BCUT2D eigenvalue weighted by Gasteiger charge is -2.10. The third-order valence-corrected chi connectivity index (χ3v) is 2.05. The monoisotopic (exact) mass is 197 g/mol. The number of aromatic nitrogens is 2. The lowest BCUT2D eigenvalue weighted by molar-refractivity contribution is 0.112. The SMILES string of the molecule is CNc1c(C=O)c(=O)n(C)c(=O)n1C. The summed E-state index contributed by atoms with van der Waals surface area (Å²) in [5.74, 6) is 0.230. The maximum atomic E-state index is 11.4. The highest BCUT2D eigenvalue weighted by atomic mass is 16.2. The van der Waals surface area contributed by atoms with Crippen LogP contribution in [0.15, 0.2) is 9.59 Å². The van der Waals surface area contributed by atoms with Crippen molar-refractivity contribution in [1.82, 2.24) is 9.13 Å². The molecule has 0 unspecified atom stereocenters. The topological polar surface area (TPSA) is 73.1 Å². The first-order valence-electron chi connectivity index (χ1n) is 3.97. The number of nitrogens with one attached hydrogen (secondary N) is 1. The second-order valence-electron chi connectivity index (χ2n) is 2.84. The summed E-state index contributed by atoms with van der Waals surface area (Å²) in [6.45, 7) is 0. The lowest BCUT2D eigenvalue weighted by Crippen LogP contribution is -2.40. The molecule has 0 aliphatic carbocycles. The first-order valence-corrected chi connectivity index (χ1v) is 3.97. The van der Waals surface area contributed by atoms with Crippen LogP contribution in [-0.2, 0) is 14.1 Å². The van der Waals surface area contributed by atoms with E-state index in [1.54, 1.807) is 7.05 Å². The minimum Gasteiger partial charge on any atom is -0.374 e. The van der Waals surface area contributed by atoms with Crippen molar-refractivity contribution < 1.29 is 4.79 Å². The van der Waals surface area contributed by atoms with E-state index in [2.05, 4.69) is 5.32 Å². The van der Waals surface area contributed by atoms with Gasteiger partial charge in [-0.1, -0.05) is 0 Å². The van der Waals surface area contributed by atoms with Gasteiger partial charge >= 0.3 is 5.69 Å². The number of anilines is 1. The number of carbonyl (C=O) groups excluding carboxylic acids is 1. The number of rotatable bonds is 2. The summed E-state index contributed by atoms with van der Waals surface area (Å²) in [6.07, 6.45) is 0.438. The number of aldehydes is 1. The average Bonchev–Trinajstić information content (AvgIpc) is 2.20. The van der Waals surface area contributed by atoms with Gasteiger partial charge in [-0.05, 0) is 0 Å². The predicted octanol–water partition coefficient (Wildman–Crippen LogP) is -1.06. The Morgan fingerprint density at radius 1 is 1.21 bits per heavy atom. The van der Waals surface area contributed by atoms with Crippen LogP contribution in [0.25, 0.3) is 0 Å². The molecule has 0 aliphatic rings. The zero-order chi connectivity index (χ0) is 10.9. The van der Waals surface area contributed by atoms with Crippen LogP contribution >= 0.6 is 0 Å². The first-order chi connectivity index (χ1) is 6.54. The Balaban J connectivity index is 3.84. The molecule has 0 saturated heterocycles. The summed E-state index contributed by atoms with van der Waals surface area (Å²) in [4.78, 5) is 33.5. The minimum absolute atomic E-state index is 0.0444. The summed E-state index contributed by atoms with van der Waals surface area (Å²) in [6, 6.07) is 0. The van der Waals surface area contributed by atoms with Crippen molar-refractivity contribution in [3.8, 4) is 0 Å². The third kappa shape index (κ3) is 1.24. The molecule has 1 aromatic rings. The predicted molar refractivity (Wildman–Crippen MR) is 51.9 cm³/mol. The van der Waals surface area contributed by atoms with Gasteiger partial charge in [0.15, 0.2) is 6.29 Å². The van der Waals surface area contributed by atoms with Crippen molar-refractivity contribution in [1.29, 1.82) is 0 Å². The molecule has 1 aromatic heterocycles. The Bertz CT molecular complexity index is 484. The Kier molecular flexibility index (Phi) is 2.55. The van der Waals surface area contributed by atoms with E-state index in [1.165, 1.54) is 18.7 Å². The van der Waals surface area contributed by atoms with Crippen LogP contribution in [0.2, 0.25) is 0 Å². The van der Waals surface area contributed by atoms with Gasteiger partial charge in [-0.3, -0.25) is 18.7 Å². The first kappa shape index (κ1) is 10.2. The van der Waals surface area contributed by atoms with Crippen molar-refractivity contribution >= 4 is 12.1 Å². The number of hydrogen-bond acceptors (Lipinski definition) is 4. The van der Waals surface area contributed by atoms with Crippen molar-refractivity contribution in [2.24, 2.45) is 14.1 Å². The smallest absolute Gasteiger partial charge is 0.332 e. The van der Waals surface area contributed by atoms with Crippen LogP contribution in [0, 0.1) is 0 Å². The molecule has 0 radical (unpaired) electrons. The molecule has 0 aliphatic heterocycles. The lowest BCUT2D eigenvalue weighted by atomic mass is 10.3. The average molecular weight is 197 g/mol. The largest absolute Gasteiger partial charge is 0.374 e. The van der Waals surface area contributed by atoms with Gasteiger partial charge in [0.25, 0.3) is 5.56 Å². The van der Waals surface area contributed by atoms with E-state index in [0.717, 1.165) is 4.57 Å². The molecule has 6 nitrogen and oxygen atoms in total. The molecule has 0 aromatic carbocycles. The Hall–Kier alpha value is -1.85. The van der Waals surface area contributed by atoms with Gasteiger partial charge in [-0.25, -0.2) is 4.79 Å². The summed E-state index contributed by atoms with van der Waals surface area (Å²) in [7, 11) is 4.36.